The van der Waals surface area contributed by atoms with Crippen LogP contribution in [-0.2, 0) is 0 Å². The minimum absolute atomic E-state index is 1.18. The van der Waals surface area contributed by atoms with Crippen molar-refractivity contribution >= 4 is 55.1 Å². The summed E-state index contributed by atoms with van der Waals surface area (Å²) in [4.78, 5) is 7.03. The van der Waals surface area contributed by atoms with Gasteiger partial charge < -0.3 is 4.57 Å². The number of benzene rings is 6. The van der Waals surface area contributed by atoms with E-state index in [1.54, 1.807) is 0 Å². The van der Waals surface area contributed by atoms with Crippen LogP contribution in [0.1, 0.15) is 0 Å². The molecule has 0 fully saturated rings. The third-order valence-corrected chi connectivity index (χ3v) is 8.85. The zero-order valence-corrected chi connectivity index (χ0v) is 22.5. The van der Waals surface area contributed by atoms with Crippen molar-refractivity contribution in [2.24, 2.45) is 0 Å². The van der Waals surface area contributed by atoms with Crippen LogP contribution >= 0.6 is 11.8 Å². The summed E-state index contributed by atoms with van der Waals surface area (Å²) in [6, 6.07) is 47.8. The summed E-state index contributed by atoms with van der Waals surface area (Å²) in [5.41, 5.74) is 6.07. The van der Waals surface area contributed by atoms with Gasteiger partial charge in [-0.3, -0.25) is 4.98 Å². The molecule has 8 aromatic rings. The lowest BCUT2D eigenvalue weighted by Gasteiger charge is -2.16. The molecule has 0 atom stereocenters. The van der Waals surface area contributed by atoms with Gasteiger partial charge in [0.15, 0.2) is 0 Å². The van der Waals surface area contributed by atoms with Gasteiger partial charge in [-0.1, -0.05) is 103 Å². The Morgan fingerprint density at radius 1 is 0.500 bits per heavy atom. The van der Waals surface area contributed by atoms with E-state index in [2.05, 4.69) is 143 Å². The van der Waals surface area contributed by atoms with Crippen molar-refractivity contribution in [3.05, 3.63) is 146 Å². The van der Waals surface area contributed by atoms with E-state index in [0.717, 1.165) is 0 Å². The van der Waals surface area contributed by atoms with E-state index in [1.807, 2.05) is 24.2 Å². The highest BCUT2D eigenvalue weighted by atomic mass is 32.2. The molecule has 188 valence electrons. The minimum Gasteiger partial charge on any atom is -0.309 e. The van der Waals surface area contributed by atoms with Crippen molar-refractivity contribution in [3.63, 3.8) is 0 Å². The van der Waals surface area contributed by atoms with Gasteiger partial charge in [0, 0.05) is 44.0 Å². The van der Waals surface area contributed by atoms with E-state index in [1.165, 1.54) is 70.0 Å². The smallest absolute Gasteiger partial charge is 0.0541 e. The SMILES string of the molecule is c1ccc(-c2c3ccccc3c(Sc3ccc4c(c3)c3ccccc3n4-c3ccccc3)c3ccncc23)cc1. The summed E-state index contributed by atoms with van der Waals surface area (Å²) in [6.07, 6.45) is 3.93. The third-order valence-electron chi connectivity index (χ3n) is 7.72. The predicted molar refractivity (Wildman–Crippen MR) is 170 cm³/mol. The highest BCUT2D eigenvalue weighted by molar-refractivity contribution is 7.99. The molecule has 0 aliphatic heterocycles. The van der Waals surface area contributed by atoms with Crippen LogP contribution in [0.2, 0.25) is 0 Å². The fourth-order valence-corrected chi connectivity index (χ4v) is 7.12. The van der Waals surface area contributed by atoms with E-state index >= 15 is 0 Å². The van der Waals surface area contributed by atoms with Crippen molar-refractivity contribution in [2.75, 3.05) is 0 Å². The number of hydrogen-bond donors (Lipinski definition) is 0. The maximum atomic E-state index is 4.55. The van der Waals surface area contributed by atoms with Crippen LogP contribution in [-0.4, -0.2) is 9.55 Å². The zero-order valence-electron chi connectivity index (χ0n) is 21.7. The summed E-state index contributed by atoms with van der Waals surface area (Å²) in [7, 11) is 0. The molecule has 8 rings (SSSR count). The Kier molecular flexibility index (Phi) is 5.42. The first-order chi connectivity index (χ1) is 19.9. The van der Waals surface area contributed by atoms with Gasteiger partial charge in [-0.05, 0) is 69.8 Å². The second-order valence-corrected chi connectivity index (χ2v) is 11.1. The maximum Gasteiger partial charge on any atom is 0.0541 e. The predicted octanol–water partition coefficient (Wildman–Crippen LogP) is 10.3. The van der Waals surface area contributed by atoms with Crippen LogP contribution in [0.3, 0.4) is 0 Å². The van der Waals surface area contributed by atoms with Crippen molar-refractivity contribution in [2.45, 2.75) is 9.79 Å². The van der Waals surface area contributed by atoms with Crippen LogP contribution in [0.15, 0.2) is 156 Å². The van der Waals surface area contributed by atoms with Gasteiger partial charge >= 0.3 is 0 Å². The quantitative estimate of drug-likeness (QED) is 0.211. The Balaban J connectivity index is 1.36. The van der Waals surface area contributed by atoms with E-state index in [-0.39, 0.29) is 0 Å². The molecule has 0 radical (unpaired) electrons. The third kappa shape index (κ3) is 3.63. The summed E-state index contributed by atoms with van der Waals surface area (Å²) >= 11 is 1.84. The van der Waals surface area contributed by atoms with E-state index in [0.29, 0.717) is 0 Å². The zero-order chi connectivity index (χ0) is 26.5. The fourth-order valence-electron chi connectivity index (χ4n) is 6.00. The first-order valence-corrected chi connectivity index (χ1v) is 14.3. The van der Waals surface area contributed by atoms with Crippen LogP contribution in [0.4, 0.5) is 0 Å². The van der Waals surface area contributed by atoms with Gasteiger partial charge in [-0.25, -0.2) is 0 Å². The molecule has 3 heteroatoms. The van der Waals surface area contributed by atoms with E-state index in [4.69, 9.17) is 0 Å². The molecular weight excluding hydrogens is 504 g/mol. The standard InChI is InChI=1S/C37H24N2S/c1-3-11-25(12-4-1)36-29-16-7-8-17-30(29)37(31-21-22-38-24-33(31)36)40-27-19-20-35-32(23-27)28-15-9-10-18-34(28)39(35)26-13-5-2-6-14-26/h1-24H. The summed E-state index contributed by atoms with van der Waals surface area (Å²) < 4.78 is 2.37. The second kappa shape index (κ2) is 9.41. The highest BCUT2D eigenvalue weighted by Crippen LogP contribution is 2.45. The molecule has 0 aliphatic rings. The van der Waals surface area contributed by atoms with E-state index in [9.17, 15) is 0 Å². The van der Waals surface area contributed by atoms with Gasteiger partial charge in [0.1, 0.15) is 0 Å². The molecule has 2 aromatic heterocycles. The molecule has 2 nitrogen and oxygen atoms in total. The molecule has 2 heterocycles. The molecule has 0 aliphatic carbocycles. The molecule has 0 saturated heterocycles. The number of hydrogen-bond acceptors (Lipinski definition) is 2. The number of pyridine rings is 1. The van der Waals surface area contributed by atoms with Crippen LogP contribution < -0.4 is 0 Å². The van der Waals surface area contributed by atoms with Crippen LogP contribution in [0.25, 0.3) is 60.2 Å². The molecule has 6 aromatic carbocycles. The number of rotatable bonds is 4. The molecule has 0 N–H and O–H groups in total. The lowest BCUT2D eigenvalue weighted by Crippen LogP contribution is -1.92. The average Bonchev–Trinajstić information content (AvgIpc) is 3.35. The fraction of sp³-hybridized carbons (Fsp3) is 0. The van der Waals surface area contributed by atoms with Gasteiger partial charge in [-0.2, -0.15) is 0 Å². The Hall–Kier alpha value is -4.86. The summed E-state index contributed by atoms with van der Waals surface area (Å²) in [6.45, 7) is 0. The topological polar surface area (TPSA) is 17.8 Å². The molecule has 0 bridgehead atoms. The van der Waals surface area contributed by atoms with Gasteiger partial charge in [0.05, 0.1) is 11.0 Å². The first kappa shape index (κ1) is 23.1. The highest BCUT2D eigenvalue weighted by Gasteiger charge is 2.17. The first-order valence-electron chi connectivity index (χ1n) is 13.5. The van der Waals surface area contributed by atoms with Crippen LogP contribution in [0.5, 0.6) is 0 Å². The summed E-state index contributed by atoms with van der Waals surface area (Å²) in [5.74, 6) is 0. The number of para-hydroxylation sites is 2. The van der Waals surface area contributed by atoms with Crippen molar-refractivity contribution < 1.29 is 0 Å². The Bertz CT molecular complexity index is 2120. The Morgan fingerprint density at radius 2 is 1.15 bits per heavy atom. The Labute approximate surface area is 236 Å². The molecule has 40 heavy (non-hydrogen) atoms. The van der Waals surface area contributed by atoms with Crippen molar-refractivity contribution in [1.82, 2.24) is 9.55 Å². The molecule has 0 unspecified atom stereocenters. The Morgan fingerprint density at radius 3 is 1.98 bits per heavy atom. The van der Waals surface area contributed by atoms with Crippen molar-refractivity contribution in [1.29, 1.82) is 0 Å². The lowest BCUT2D eigenvalue weighted by atomic mass is 9.93. The number of nitrogens with zero attached hydrogens (tertiary/aromatic N) is 2. The molecule has 0 saturated carbocycles. The molecular formula is C37H24N2S. The number of fused-ring (bicyclic) bond motifs is 5. The second-order valence-electron chi connectivity index (χ2n) is 10.0. The minimum atomic E-state index is 1.18. The van der Waals surface area contributed by atoms with Crippen LogP contribution in [0, 0.1) is 0 Å². The maximum absolute atomic E-state index is 4.55. The molecule has 0 amide bonds. The van der Waals surface area contributed by atoms with E-state index < -0.39 is 0 Å². The van der Waals surface area contributed by atoms with Gasteiger partial charge in [0.25, 0.3) is 0 Å². The van der Waals surface area contributed by atoms with Crippen molar-refractivity contribution in [3.8, 4) is 16.8 Å². The average molecular weight is 529 g/mol. The lowest BCUT2D eigenvalue weighted by molar-refractivity contribution is 1.18. The van der Waals surface area contributed by atoms with Gasteiger partial charge in [0.2, 0.25) is 0 Å². The summed E-state index contributed by atoms with van der Waals surface area (Å²) in [5, 5.41) is 7.44. The molecule has 0 spiro atoms. The monoisotopic (exact) mass is 528 g/mol. The largest absolute Gasteiger partial charge is 0.309 e. The number of aromatic nitrogens is 2. The normalized spacial score (nSPS) is 11.6. The van der Waals surface area contributed by atoms with Gasteiger partial charge in [-0.15, -0.1) is 0 Å².